The van der Waals surface area contributed by atoms with Crippen LogP contribution in [-0.4, -0.2) is 22.5 Å². The summed E-state index contributed by atoms with van der Waals surface area (Å²) in [5.74, 6) is -0.146. The molecule has 3 rings (SSSR count). The Bertz CT molecular complexity index is 662. The molecule has 1 N–H and O–H groups in total. The van der Waals surface area contributed by atoms with Crippen LogP contribution in [0, 0.1) is 5.82 Å². The van der Waals surface area contributed by atoms with Gasteiger partial charge in [-0.1, -0.05) is 6.07 Å². The third kappa shape index (κ3) is 2.38. The summed E-state index contributed by atoms with van der Waals surface area (Å²) in [4.78, 5) is 14.9. The minimum Gasteiger partial charge on any atom is -0.322 e. The Balaban J connectivity index is 2.06. The van der Waals surface area contributed by atoms with Crippen LogP contribution in [0.2, 0.25) is 0 Å². The molecular weight excluding hydrogens is 267 g/mol. The van der Waals surface area contributed by atoms with Crippen LogP contribution in [0.25, 0.3) is 10.9 Å². The quantitative estimate of drug-likeness (QED) is 0.815. The molecule has 1 aromatic heterocycles. The second-order valence-corrected chi connectivity index (χ2v) is 5.42. The zero-order chi connectivity index (χ0) is 13.4. The predicted octanol–water partition coefficient (Wildman–Crippen LogP) is 3.00. The maximum atomic E-state index is 13.8. The second-order valence-electron chi connectivity index (χ2n) is 4.94. The van der Waals surface area contributed by atoms with E-state index in [1.54, 1.807) is 22.6 Å². The van der Waals surface area contributed by atoms with Crippen molar-refractivity contribution >= 4 is 22.7 Å². The molecule has 19 heavy (non-hydrogen) atoms. The first-order valence-corrected chi connectivity index (χ1v) is 6.71. The number of aromatic amines is 1. The lowest BCUT2D eigenvalue weighted by Gasteiger charge is -2.26. The van der Waals surface area contributed by atoms with E-state index in [4.69, 9.17) is 11.8 Å². The van der Waals surface area contributed by atoms with Crippen molar-refractivity contribution in [3.8, 4) is 0 Å². The number of halogens is 2. The molecule has 5 heteroatoms. The maximum Gasteiger partial charge on any atom is 0.251 e. The van der Waals surface area contributed by atoms with E-state index in [1.165, 1.54) is 6.07 Å². The van der Waals surface area contributed by atoms with Crippen LogP contribution in [-0.2, 0) is 0 Å². The fraction of sp³-hybridized carbons (Fsp3) is 0.357. The molecule has 2 heterocycles. The fourth-order valence-corrected chi connectivity index (χ4v) is 2.87. The molecule has 1 fully saturated rings. The average molecular weight is 281 g/mol. The van der Waals surface area contributed by atoms with E-state index in [0.717, 1.165) is 25.9 Å². The summed E-state index contributed by atoms with van der Waals surface area (Å²) in [6.45, 7) is 1.50. The highest BCUT2D eigenvalue weighted by Gasteiger charge is 2.22. The van der Waals surface area contributed by atoms with Crippen molar-refractivity contribution in [3.63, 3.8) is 0 Å². The summed E-state index contributed by atoms with van der Waals surface area (Å²) in [5, 5.41) is 0.477. The van der Waals surface area contributed by atoms with E-state index in [1.807, 2.05) is 0 Å². The number of rotatable bonds is 1. The van der Waals surface area contributed by atoms with E-state index in [9.17, 15) is 9.18 Å². The Labute approximate surface area is 115 Å². The number of fused-ring (bicyclic) bond motifs is 1. The van der Waals surface area contributed by atoms with Gasteiger partial charge in [0.15, 0.2) is 0 Å². The van der Waals surface area contributed by atoms with Gasteiger partial charge in [-0.3, -0.25) is 4.79 Å². The highest BCUT2D eigenvalue weighted by molar-refractivity contribution is 6.13. The van der Waals surface area contributed by atoms with E-state index >= 15 is 0 Å². The van der Waals surface area contributed by atoms with Gasteiger partial charge in [-0.05, 0) is 48.7 Å². The number of nitrogens with zero attached hydrogens (tertiary/aromatic N) is 1. The van der Waals surface area contributed by atoms with Crippen molar-refractivity contribution in [2.24, 2.45) is 0 Å². The highest BCUT2D eigenvalue weighted by atomic mass is 35.5. The Morgan fingerprint density at radius 1 is 1.32 bits per heavy atom. The number of piperidine rings is 1. The Morgan fingerprint density at radius 3 is 2.79 bits per heavy atom. The Hall–Kier alpha value is -1.39. The lowest BCUT2D eigenvalue weighted by Crippen LogP contribution is -2.28. The minimum absolute atomic E-state index is 0.119. The van der Waals surface area contributed by atoms with Gasteiger partial charge >= 0.3 is 0 Å². The van der Waals surface area contributed by atoms with Gasteiger partial charge in [0.1, 0.15) is 5.82 Å². The zero-order valence-corrected chi connectivity index (χ0v) is 11.1. The van der Waals surface area contributed by atoms with Crippen LogP contribution in [0.15, 0.2) is 29.1 Å². The van der Waals surface area contributed by atoms with Gasteiger partial charge in [-0.25, -0.2) is 8.81 Å². The van der Waals surface area contributed by atoms with Gasteiger partial charge in [0.25, 0.3) is 5.56 Å². The normalized spacial score (nSPS) is 18.0. The molecule has 0 unspecified atom stereocenters. The average Bonchev–Trinajstić information content (AvgIpc) is 2.40. The number of hydrogen-bond acceptors (Lipinski definition) is 2. The fourth-order valence-electron chi connectivity index (χ4n) is 2.67. The van der Waals surface area contributed by atoms with Crippen molar-refractivity contribution in [2.45, 2.75) is 18.8 Å². The van der Waals surface area contributed by atoms with Gasteiger partial charge in [0, 0.05) is 24.0 Å². The minimum atomic E-state index is -0.301. The highest BCUT2D eigenvalue weighted by Crippen LogP contribution is 2.28. The SMILES string of the molecule is O=c1[nH]c2cccc(F)c2cc1C1CCN(Cl)CC1. The number of pyridine rings is 1. The summed E-state index contributed by atoms with van der Waals surface area (Å²) in [6.07, 6.45) is 1.65. The van der Waals surface area contributed by atoms with Crippen molar-refractivity contribution in [1.82, 2.24) is 9.40 Å². The first-order chi connectivity index (χ1) is 9.15. The van der Waals surface area contributed by atoms with Crippen LogP contribution in [0.5, 0.6) is 0 Å². The Kier molecular flexibility index (Phi) is 3.29. The largest absolute Gasteiger partial charge is 0.322 e. The zero-order valence-electron chi connectivity index (χ0n) is 10.3. The topological polar surface area (TPSA) is 36.1 Å². The number of hydrogen-bond donors (Lipinski definition) is 1. The lowest BCUT2D eigenvalue weighted by molar-refractivity contribution is 0.335. The number of aromatic nitrogens is 1. The van der Waals surface area contributed by atoms with Crippen molar-refractivity contribution in [3.05, 3.63) is 46.0 Å². The van der Waals surface area contributed by atoms with E-state index in [2.05, 4.69) is 4.98 Å². The summed E-state index contributed by atoms with van der Waals surface area (Å²) in [6, 6.07) is 6.41. The molecule has 0 atom stereocenters. The Morgan fingerprint density at radius 2 is 2.05 bits per heavy atom. The molecule has 0 radical (unpaired) electrons. The lowest BCUT2D eigenvalue weighted by atomic mass is 9.90. The molecule has 1 saturated heterocycles. The second kappa shape index (κ2) is 4.94. The third-order valence-corrected chi connectivity index (χ3v) is 4.08. The van der Waals surface area contributed by atoms with Gasteiger partial charge in [0.2, 0.25) is 0 Å². The molecule has 0 saturated carbocycles. The molecular formula is C14H14ClFN2O. The first-order valence-electron chi connectivity index (χ1n) is 6.37. The summed E-state index contributed by atoms with van der Waals surface area (Å²) in [7, 11) is 0. The van der Waals surface area contributed by atoms with E-state index in [-0.39, 0.29) is 17.3 Å². The molecule has 1 aromatic carbocycles. The number of benzene rings is 1. The van der Waals surface area contributed by atoms with Crippen LogP contribution in [0.3, 0.4) is 0 Å². The number of H-pyrrole nitrogens is 1. The first kappa shape index (κ1) is 12.6. The van der Waals surface area contributed by atoms with Gasteiger partial charge in [0.05, 0.1) is 5.52 Å². The number of nitrogens with one attached hydrogen (secondary N) is 1. The smallest absolute Gasteiger partial charge is 0.251 e. The summed E-state index contributed by atoms with van der Waals surface area (Å²) < 4.78 is 15.5. The van der Waals surface area contributed by atoms with Crippen molar-refractivity contribution in [1.29, 1.82) is 0 Å². The molecule has 2 aromatic rings. The summed E-state index contributed by atoms with van der Waals surface area (Å²) >= 11 is 5.92. The molecule has 0 amide bonds. The molecule has 1 aliphatic rings. The van der Waals surface area contributed by atoms with Crippen LogP contribution < -0.4 is 5.56 Å². The molecule has 3 nitrogen and oxygen atoms in total. The monoisotopic (exact) mass is 280 g/mol. The summed E-state index contributed by atoms with van der Waals surface area (Å²) in [5.41, 5.74) is 1.09. The van der Waals surface area contributed by atoms with Crippen LogP contribution >= 0.6 is 11.8 Å². The van der Waals surface area contributed by atoms with Crippen molar-refractivity contribution in [2.75, 3.05) is 13.1 Å². The molecule has 100 valence electrons. The van der Waals surface area contributed by atoms with Gasteiger partial charge < -0.3 is 4.98 Å². The van der Waals surface area contributed by atoms with Crippen molar-refractivity contribution < 1.29 is 4.39 Å². The third-order valence-electron chi connectivity index (χ3n) is 3.74. The molecule has 0 spiro atoms. The molecule has 1 aliphatic heterocycles. The van der Waals surface area contributed by atoms with Crippen LogP contribution in [0.1, 0.15) is 24.3 Å². The van der Waals surface area contributed by atoms with Gasteiger partial charge in [-0.15, -0.1) is 0 Å². The molecule has 0 bridgehead atoms. The van der Waals surface area contributed by atoms with E-state index < -0.39 is 0 Å². The van der Waals surface area contributed by atoms with E-state index in [0.29, 0.717) is 16.5 Å². The predicted molar refractivity (Wildman–Crippen MR) is 73.9 cm³/mol. The maximum absolute atomic E-state index is 13.8. The molecule has 0 aliphatic carbocycles. The van der Waals surface area contributed by atoms with Gasteiger partial charge in [-0.2, -0.15) is 0 Å². The van der Waals surface area contributed by atoms with Crippen LogP contribution in [0.4, 0.5) is 4.39 Å². The standard InChI is InChI=1S/C14H14ClFN2O/c15-18-6-4-9(5-7-18)10-8-11-12(16)2-1-3-13(11)17-14(10)19/h1-3,8-9H,4-7H2,(H,17,19).